The number of allylic oxidation sites excluding steroid dienone is 2. The number of rotatable bonds is 11. The summed E-state index contributed by atoms with van der Waals surface area (Å²) in [6.07, 6.45) is 7.93. The van der Waals surface area contributed by atoms with Gasteiger partial charge < -0.3 is 21.3 Å². The van der Waals surface area contributed by atoms with Crippen LogP contribution in [0.2, 0.25) is 0 Å². The molecule has 0 unspecified atom stereocenters. The molecular formula is C12H26N4. The van der Waals surface area contributed by atoms with Crippen LogP contribution in [-0.2, 0) is 0 Å². The second-order valence-electron chi connectivity index (χ2n) is 3.41. The lowest BCUT2D eigenvalue weighted by Gasteiger charge is -2.06. The topological polar surface area (TPSA) is 48.1 Å². The molecule has 16 heavy (non-hydrogen) atoms. The van der Waals surface area contributed by atoms with E-state index in [4.69, 9.17) is 0 Å². The van der Waals surface area contributed by atoms with Gasteiger partial charge in [-0.15, -0.1) is 0 Å². The van der Waals surface area contributed by atoms with E-state index in [1.807, 2.05) is 38.4 Å². The smallest absolute Gasteiger partial charge is 0.0266 e. The van der Waals surface area contributed by atoms with Gasteiger partial charge in [0, 0.05) is 39.3 Å². The Hall–Kier alpha value is -1.00. The lowest BCUT2D eigenvalue weighted by atomic mass is 10.5. The van der Waals surface area contributed by atoms with E-state index in [-0.39, 0.29) is 0 Å². The van der Waals surface area contributed by atoms with Gasteiger partial charge in [0.05, 0.1) is 0 Å². The van der Waals surface area contributed by atoms with Gasteiger partial charge in [-0.3, -0.25) is 0 Å². The zero-order valence-corrected chi connectivity index (χ0v) is 10.6. The Morgan fingerprint density at radius 2 is 1.00 bits per heavy atom. The maximum absolute atomic E-state index is 3.35. The molecule has 0 fully saturated rings. The predicted molar refractivity (Wildman–Crippen MR) is 71.4 cm³/mol. The van der Waals surface area contributed by atoms with Crippen molar-refractivity contribution in [1.82, 2.24) is 21.3 Å². The third-order valence-corrected chi connectivity index (χ3v) is 1.94. The van der Waals surface area contributed by atoms with E-state index < -0.39 is 0 Å². The molecule has 0 aromatic carbocycles. The molecule has 0 atom stereocenters. The molecule has 0 aliphatic carbocycles. The number of hydrogen-bond donors (Lipinski definition) is 4. The molecule has 0 saturated carbocycles. The minimum absolute atomic E-state index is 0.979. The van der Waals surface area contributed by atoms with E-state index in [9.17, 15) is 0 Å². The van der Waals surface area contributed by atoms with Gasteiger partial charge in [0.1, 0.15) is 0 Å². The molecule has 0 heterocycles. The van der Waals surface area contributed by atoms with E-state index in [0.717, 1.165) is 39.3 Å². The van der Waals surface area contributed by atoms with Gasteiger partial charge in [-0.25, -0.2) is 0 Å². The molecule has 4 nitrogen and oxygen atoms in total. The van der Waals surface area contributed by atoms with Crippen molar-refractivity contribution in [2.45, 2.75) is 13.8 Å². The van der Waals surface area contributed by atoms with Crippen LogP contribution in [0.15, 0.2) is 24.6 Å². The SMILES string of the molecule is CC=CNCCNCCNCCNC=CC. The highest BCUT2D eigenvalue weighted by molar-refractivity contribution is 4.74. The Bertz CT molecular complexity index is 158. The summed E-state index contributed by atoms with van der Waals surface area (Å²) in [4.78, 5) is 0. The molecule has 0 radical (unpaired) electrons. The molecular weight excluding hydrogens is 200 g/mol. The average molecular weight is 226 g/mol. The monoisotopic (exact) mass is 226 g/mol. The van der Waals surface area contributed by atoms with E-state index in [0.29, 0.717) is 0 Å². The molecule has 0 aromatic heterocycles. The van der Waals surface area contributed by atoms with Gasteiger partial charge in [0.25, 0.3) is 0 Å². The molecule has 94 valence electrons. The van der Waals surface area contributed by atoms with Crippen LogP contribution in [0.5, 0.6) is 0 Å². The van der Waals surface area contributed by atoms with Gasteiger partial charge in [-0.05, 0) is 26.2 Å². The summed E-state index contributed by atoms with van der Waals surface area (Å²) >= 11 is 0. The van der Waals surface area contributed by atoms with Crippen LogP contribution in [0.1, 0.15) is 13.8 Å². The van der Waals surface area contributed by atoms with E-state index >= 15 is 0 Å². The first-order chi connectivity index (χ1) is 7.91. The second kappa shape index (κ2) is 14.0. The molecule has 0 rings (SSSR count). The van der Waals surface area contributed by atoms with Crippen molar-refractivity contribution in [2.75, 3.05) is 39.3 Å². The molecule has 0 spiro atoms. The van der Waals surface area contributed by atoms with Crippen molar-refractivity contribution >= 4 is 0 Å². The molecule has 4 heteroatoms. The summed E-state index contributed by atoms with van der Waals surface area (Å²) < 4.78 is 0. The first-order valence-electron chi connectivity index (χ1n) is 6.02. The van der Waals surface area contributed by atoms with Crippen molar-refractivity contribution in [1.29, 1.82) is 0 Å². The minimum atomic E-state index is 0.979. The Morgan fingerprint density at radius 1 is 0.625 bits per heavy atom. The van der Waals surface area contributed by atoms with Crippen LogP contribution in [0, 0.1) is 0 Å². The Balaban J connectivity index is 2.93. The molecule has 0 aliphatic rings. The second-order valence-corrected chi connectivity index (χ2v) is 3.41. The minimum Gasteiger partial charge on any atom is -0.390 e. The van der Waals surface area contributed by atoms with E-state index in [1.165, 1.54) is 0 Å². The zero-order valence-electron chi connectivity index (χ0n) is 10.6. The van der Waals surface area contributed by atoms with Crippen LogP contribution < -0.4 is 21.3 Å². The summed E-state index contributed by atoms with van der Waals surface area (Å²) in [6.45, 7) is 10.0. The highest BCUT2D eigenvalue weighted by Gasteiger charge is 1.87. The fraction of sp³-hybridized carbons (Fsp3) is 0.667. The van der Waals surface area contributed by atoms with Crippen LogP contribution in [0.25, 0.3) is 0 Å². The number of nitrogens with one attached hydrogen (secondary N) is 4. The highest BCUT2D eigenvalue weighted by Crippen LogP contribution is 1.65. The third-order valence-electron chi connectivity index (χ3n) is 1.94. The highest BCUT2D eigenvalue weighted by atomic mass is 15.0. The first kappa shape index (κ1) is 15.0. The molecule has 0 aliphatic heterocycles. The van der Waals surface area contributed by atoms with E-state index in [2.05, 4.69) is 21.3 Å². The maximum atomic E-state index is 3.35. The summed E-state index contributed by atoms with van der Waals surface area (Å²) in [7, 11) is 0. The molecule has 0 saturated heterocycles. The van der Waals surface area contributed by atoms with Crippen molar-refractivity contribution in [2.24, 2.45) is 0 Å². The van der Waals surface area contributed by atoms with Gasteiger partial charge in [-0.1, -0.05) is 12.2 Å². The lowest BCUT2D eigenvalue weighted by Crippen LogP contribution is -2.33. The summed E-state index contributed by atoms with van der Waals surface area (Å²) in [5, 5.41) is 13.1. The standard InChI is InChI=1S/C12H26N4/c1-3-5-13-7-9-15-11-12-16-10-8-14-6-4-2/h3-6,13-16H,7-12H2,1-2H3. The molecule has 4 N–H and O–H groups in total. The van der Waals surface area contributed by atoms with Gasteiger partial charge in [-0.2, -0.15) is 0 Å². The zero-order chi connectivity index (χ0) is 11.9. The Labute approximate surface area is 99.6 Å². The largest absolute Gasteiger partial charge is 0.390 e. The summed E-state index contributed by atoms with van der Waals surface area (Å²) in [5.74, 6) is 0. The van der Waals surface area contributed by atoms with E-state index in [1.54, 1.807) is 0 Å². The van der Waals surface area contributed by atoms with Gasteiger partial charge >= 0.3 is 0 Å². The fourth-order valence-electron chi connectivity index (χ4n) is 1.15. The Morgan fingerprint density at radius 3 is 1.38 bits per heavy atom. The van der Waals surface area contributed by atoms with Crippen LogP contribution in [0.4, 0.5) is 0 Å². The normalized spacial score (nSPS) is 11.4. The quantitative estimate of drug-likeness (QED) is 0.386. The summed E-state index contributed by atoms with van der Waals surface area (Å²) in [6, 6.07) is 0. The predicted octanol–water partition coefficient (Wildman–Crippen LogP) is 0.412. The number of hydrogen-bond acceptors (Lipinski definition) is 4. The lowest BCUT2D eigenvalue weighted by molar-refractivity contribution is 0.597. The van der Waals surface area contributed by atoms with Crippen molar-refractivity contribution in [3.05, 3.63) is 24.6 Å². The first-order valence-corrected chi connectivity index (χ1v) is 6.02. The van der Waals surface area contributed by atoms with Crippen LogP contribution in [0.3, 0.4) is 0 Å². The van der Waals surface area contributed by atoms with Crippen molar-refractivity contribution in [3.63, 3.8) is 0 Å². The molecule has 0 amide bonds. The molecule has 0 aromatic rings. The molecule has 0 bridgehead atoms. The van der Waals surface area contributed by atoms with Gasteiger partial charge in [0.15, 0.2) is 0 Å². The van der Waals surface area contributed by atoms with Crippen LogP contribution in [-0.4, -0.2) is 39.3 Å². The van der Waals surface area contributed by atoms with Crippen molar-refractivity contribution in [3.8, 4) is 0 Å². The Kier molecular flexibility index (Phi) is 13.1. The fourth-order valence-corrected chi connectivity index (χ4v) is 1.15. The third kappa shape index (κ3) is 13.0. The van der Waals surface area contributed by atoms with Crippen molar-refractivity contribution < 1.29 is 0 Å². The van der Waals surface area contributed by atoms with Crippen LogP contribution >= 0.6 is 0 Å². The maximum Gasteiger partial charge on any atom is 0.0266 e. The van der Waals surface area contributed by atoms with Gasteiger partial charge in [0.2, 0.25) is 0 Å². The average Bonchev–Trinajstić information content (AvgIpc) is 2.31. The summed E-state index contributed by atoms with van der Waals surface area (Å²) in [5.41, 5.74) is 0.